The molecule has 280 valence electrons. The highest BCUT2D eigenvalue weighted by Gasteiger charge is 2.50. The standard InChI is InChI=1S/C38H39BrCl4FN3O4.ClH/c1-37(2,38(41,42)43)51-36(49)47-28-19-29(24-11-9-23(10-12-24)6-5-17-50-33-18-26(44)13-16-30(33)39)34(32(47)21-45-20-28)35(48)46(27-14-15-27)22-25-7-3-4-8-31(25)40;/h3-4,7-13,16,18,27-28,32,45H,5-6,14-15,17,19-22H2,1-2H3;1H. The fraction of sp³-hybridized carbons (Fsp3) is 0.421. The number of amides is 2. The van der Waals surface area contributed by atoms with Crippen molar-refractivity contribution in [3.8, 4) is 5.75 Å². The third-order valence-electron chi connectivity index (χ3n) is 9.62. The number of nitrogens with zero attached hydrogens (tertiary/aromatic N) is 2. The predicted octanol–water partition coefficient (Wildman–Crippen LogP) is 9.95. The van der Waals surface area contributed by atoms with Gasteiger partial charge in [0.2, 0.25) is 3.79 Å². The fourth-order valence-electron chi connectivity index (χ4n) is 6.58. The van der Waals surface area contributed by atoms with Crippen LogP contribution in [0.3, 0.4) is 0 Å². The van der Waals surface area contributed by atoms with Crippen LogP contribution >= 0.6 is 74.7 Å². The van der Waals surface area contributed by atoms with Crippen molar-refractivity contribution in [1.82, 2.24) is 15.1 Å². The molecular formula is C38H40BrCl5FN3O4. The molecule has 0 aromatic heterocycles. The van der Waals surface area contributed by atoms with Crippen LogP contribution in [0.2, 0.25) is 5.02 Å². The zero-order valence-corrected chi connectivity index (χ0v) is 34.1. The molecule has 3 aromatic rings. The van der Waals surface area contributed by atoms with E-state index in [9.17, 15) is 14.0 Å². The highest BCUT2D eigenvalue weighted by molar-refractivity contribution is 9.10. The lowest BCUT2D eigenvalue weighted by atomic mass is 9.81. The SMILES string of the molecule is CC(C)(OC(=O)N1C2CNCC1C(C(=O)N(Cc1ccccc1Cl)C1CC1)=C(c1ccc(CCCOc3cc(F)ccc3Br)cc1)C2)C(Cl)(Cl)Cl.Cl. The minimum absolute atomic E-state index is 0. The van der Waals surface area contributed by atoms with Crippen LogP contribution in [-0.2, 0) is 22.5 Å². The number of carbonyl (C=O) groups excluding carboxylic acids is 2. The van der Waals surface area contributed by atoms with E-state index in [-0.39, 0.29) is 36.2 Å². The van der Waals surface area contributed by atoms with E-state index in [1.807, 2.05) is 41.3 Å². The van der Waals surface area contributed by atoms with E-state index in [1.165, 1.54) is 12.1 Å². The lowest BCUT2D eigenvalue weighted by molar-refractivity contribution is -0.129. The van der Waals surface area contributed by atoms with E-state index in [0.29, 0.717) is 53.5 Å². The number of carbonyl (C=O) groups is 2. The predicted molar refractivity (Wildman–Crippen MR) is 211 cm³/mol. The summed E-state index contributed by atoms with van der Waals surface area (Å²) in [6, 6.07) is 19.3. The zero-order chi connectivity index (χ0) is 36.5. The van der Waals surface area contributed by atoms with Crippen molar-refractivity contribution in [1.29, 1.82) is 0 Å². The molecule has 3 aliphatic rings. The van der Waals surface area contributed by atoms with Crippen molar-refractivity contribution < 1.29 is 23.5 Å². The number of fused-ring (bicyclic) bond motifs is 2. The van der Waals surface area contributed by atoms with Gasteiger partial charge in [-0.05, 0) is 102 Å². The molecule has 52 heavy (non-hydrogen) atoms. The quantitative estimate of drug-likeness (QED) is 0.154. The van der Waals surface area contributed by atoms with Crippen LogP contribution in [0.1, 0.15) is 56.2 Å². The van der Waals surface area contributed by atoms with Crippen LogP contribution in [0.25, 0.3) is 5.57 Å². The summed E-state index contributed by atoms with van der Waals surface area (Å²) in [7, 11) is 0. The van der Waals surface area contributed by atoms with Gasteiger partial charge in [0.1, 0.15) is 11.6 Å². The Kier molecular flexibility index (Phi) is 13.4. The maximum absolute atomic E-state index is 14.9. The normalized spacial score (nSPS) is 18.8. The number of alkyl halides is 3. The van der Waals surface area contributed by atoms with Crippen molar-refractivity contribution >= 4 is 92.3 Å². The van der Waals surface area contributed by atoms with E-state index in [0.717, 1.165) is 47.9 Å². The monoisotopic (exact) mass is 875 g/mol. The van der Waals surface area contributed by atoms with Crippen LogP contribution < -0.4 is 10.1 Å². The molecule has 2 atom stereocenters. The van der Waals surface area contributed by atoms with Crippen LogP contribution in [0.15, 0.2) is 76.8 Å². The first-order chi connectivity index (χ1) is 24.2. The van der Waals surface area contributed by atoms with Gasteiger partial charge in [0, 0.05) is 42.3 Å². The van der Waals surface area contributed by atoms with Crippen molar-refractivity contribution in [2.45, 2.75) is 80.0 Å². The summed E-state index contributed by atoms with van der Waals surface area (Å²) in [6.45, 7) is 4.74. The largest absolute Gasteiger partial charge is 0.492 e. The number of hydrogen-bond acceptors (Lipinski definition) is 5. The topological polar surface area (TPSA) is 71.1 Å². The Hall–Kier alpha value is -2.24. The van der Waals surface area contributed by atoms with Crippen molar-refractivity contribution in [2.75, 3.05) is 19.7 Å². The fourth-order valence-corrected chi connectivity index (χ4v) is 7.26. The molecule has 6 rings (SSSR count). The molecule has 2 unspecified atom stereocenters. The third kappa shape index (κ3) is 9.34. The van der Waals surface area contributed by atoms with Crippen LogP contribution in [0.5, 0.6) is 5.75 Å². The van der Waals surface area contributed by atoms with Crippen LogP contribution in [0.4, 0.5) is 9.18 Å². The second kappa shape index (κ2) is 17.1. The Morgan fingerprint density at radius 2 is 1.75 bits per heavy atom. The summed E-state index contributed by atoms with van der Waals surface area (Å²) in [5.74, 6) is -0.0209. The maximum Gasteiger partial charge on any atom is 0.411 e. The molecule has 2 fully saturated rings. The Morgan fingerprint density at radius 3 is 2.42 bits per heavy atom. The van der Waals surface area contributed by atoms with Gasteiger partial charge in [0.05, 0.1) is 23.2 Å². The van der Waals surface area contributed by atoms with Crippen molar-refractivity contribution in [3.63, 3.8) is 0 Å². The Bertz CT molecular complexity index is 1800. The number of nitrogens with one attached hydrogen (secondary N) is 1. The van der Waals surface area contributed by atoms with Gasteiger partial charge in [-0.15, -0.1) is 12.4 Å². The van der Waals surface area contributed by atoms with Crippen molar-refractivity contribution in [3.05, 3.63) is 104 Å². The molecule has 7 nitrogen and oxygen atoms in total. The van der Waals surface area contributed by atoms with E-state index in [4.69, 9.17) is 55.9 Å². The summed E-state index contributed by atoms with van der Waals surface area (Å²) in [5.41, 5.74) is 2.89. The smallest absolute Gasteiger partial charge is 0.411 e. The second-order valence-corrected chi connectivity index (χ2v) is 17.2. The van der Waals surface area contributed by atoms with E-state index < -0.39 is 21.5 Å². The molecule has 2 heterocycles. The lowest BCUT2D eigenvalue weighted by Crippen LogP contribution is -2.64. The van der Waals surface area contributed by atoms with Gasteiger partial charge in [0.15, 0.2) is 5.60 Å². The molecular weight excluding hydrogens is 839 g/mol. The molecule has 1 saturated heterocycles. The van der Waals surface area contributed by atoms with Gasteiger partial charge in [-0.2, -0.15) is 0 Å². The van der Waals surface area contributed by atoms with Gasteiger partial charge in [-0.3, -0.25) is 9.69 Å². The highest BCUT2D eigenvalue weighted by Crippen LogP contribution is 2.44. The highest BCUT2D eigenvalue weighted by atomic mass is 79.9. The maximum atomic E-state index is 14.9. The minimum Gasteiger partial charge on any atom is -0.492 e. The first-order valence-electron chi connectivity index (χ1n) is 17.0. The van der Waals surface area contributed by atoms with Crippen LogP contribution in [-0.4, -0.2) is 69.0 Å². The molecule has 14 heteroatoms. The van der Waals surface area contributed by atoms with Gasteiger partial charge in [-0.1, -0.05) is 88.9 Å². The molecule has 0 radical (unpaired) electrons. The number of halogens is 7. The second-order valence-electron chi connectivity index (χ2n) is 13.7. The average molecular weight is 879 g/mol. The molecule has 0 spiro atoms. The summed E-state index contributed by atoms with van der Waals surface area (Å²) in [6.07, 6.45) is 3.04. The minimum atomic E-state index is -1.87. The van der Waals surface area contributed by atoms with Gasteiger partial charge in [-0.25, -0.2) is 9.18 Å². The van der Waals surface area contributed by atoms with Gasteiger partial charge in [0.25, 0.3) is 5.91 Å². The molecule has 2 amide bonds. The molecule has 2 bridgehead atoms. The van der Waals surface area contributed by atoms with Crippen LogP contribution in [0, 0.1) is 5.82 Å². The van der Waals surface area contributed by atoms with E-state index in [2.05, 4.69) is 33.4 Å². The average Bonchev–Trinajstić information content (AvgIpc) is 3.92. The Balaban J connectivity index is 0.00000523. The number of hydrogen-bond donors (Lipinski definition) is 1. The summed E-state index contributed by atoms with van der Waals surface area (Å²) >= 11 is 28.6. The molecule has 1 aliphatic carbocycles. The summed E-state index contributed by atoms with van der Waals surface area (Å²) in [5, 5.41) is 4.03. The number of rotatable bonds is 11. The summed E-state index contributed by atoms with van der Waals surface area (Å²) in [4.78, 5) is 32.4. The molecule has 3 aromatic carbocycles. The third-order valence-corrected chi connectivity index (χ3v) is 12.0. The van der Waals surface area contributed by atoms with E-state index >= 15 is 0 Å². The van der Waals surface area contributed by atoms with Crippen molar-refractivity contribution in [2.24, 2.45) is 0 Å². The lowest BCUT2D eigenvalue weighted by Gasteiger charge is -2.48. The van der Waals surface area contributed by atoms with Gasteiger partial charge >= 0.3 is 6.09 Å². The molecule has 1 saturated carbocycles. The number of aryl methyl sites for hydroxylation is 1. The molecule has 2 aliphatic heterocycles. The first kappa shape index (κ1) is 40.9. The van der Waals surface area contributed by atoms with E-state index in [1.54, 1.807) is 24.8 Å². The summed E-state index contributed by atoms with van der Waals surface area (Å²) < 4.78 is 24.1. The van der Waals surface area contributed by atoms with Gasteiger partial charge < -0.3 is 19.7 Å². The zero-order valence-electron chi connectivity index (χ0n) is 28.7. The number of ether oxygens (including phenoxy) is 2. The Morgan fingerprint density at radius 1 is 1.04 bits per heavy atom. The first-order valence-corrected chi connectivity index (χ1v) is 19.3. The number of piperazine rings is 1. The Labute approximate surface area is 338 Å². The molecule has 1 N–H and O–H groups in total. The number of benzene rings is 3.